The Morgan fingerprint density at radius 2 is 2.50 bits per heavy atom. The number of pyridine rings is 1. The minimum atomic E-state index is -0.226. The molecule has 4 nitrogen and oxygen atoms in total. The summed E-state index contributed by atoms with van der Waals surface area (Å²) in [5.41, 5.74) is 0.819. The van der Waals surface area contributed by atoms with E-state index in [1.165, 1.54) is 0 Å². The van der Waals surface area contributed by atoms with Crippen LogP contribution in [0.1, 0.15) is 38.3 Å². The minimum Gasteiger partial charge on any atom is -0.349 e. The Morgan fingerprint density at radius 3 is 3.06 bits per heavy atom. The molecule has 0 aliphatic carbocycles. The topological polar surface area (TPSA) is 54.0 Å². The first-order valence-corrected chi connectivity index (χ1v) is 6.59. The predicted molar refractivity (Wildman–Crippen MR) is 71.0 cm³/mol. The number of carbonyl (C=O) groups is 1. The zero-order chi connectivity index (χ0) is 13.0. The third kappa shape index (κ3) is 2.53. The Labute approximate surface area is 108 Å². The third-order valence-corrected chi connectivity index (χ3v) is 3.93. The van der Waals surface area contributed by atoms with E-state index in [2.05, 4.69) is 22.5 Å². The molecule has 0 bridgehead atoms. The molecule has 0 radical (unpaired) electrons. The number of amides is 1. The SMILES string of the molecule is CCC1(C(=O)N[C@@H](C)c2cccnc2)CCNC1. The molecule has 4 heteroatoms. The van der Waals surface area contributed by atoms with Gasteiger partial charge in [-0.3, -0.25) is 9.78 Å². The molecule has 1 aromatic rings. The molecular formula is C14H21N3O. The maximum absolute atomic E-state index is 12.4. The van der Waals surface area contributed by atoms with Gasteiger partial charge in [-0.15, -0.1) is 0 Å². The molecule has 18 heavy (non-hydrogen) atoms. The van der Waals surface area contributed by atoms with Crippen molar-refractivity contribution in [2.24, 2.45) is 5.41 Å². The fraction of sp³-hybridized carbons (Fsp3) is 0.571. The lowest BCUT2D eigenvalue weighted by molar-refractivity contribution is -0.131. The highest BCUT2D eigenvalue weighted by atomic mass is 16.2. The molecule has 2 atom stereocenters. The van der Waals surface area contributed by atoms with E-state index in [0.717, 1.165) is 31.5 Å². The van der Waals surface area contributed by atoms with Crippen molar-refractivity contribution in [3.8, 4) is 0 Å². The smallest absolute Gasteiger partial charge is 0.228 e. The van der Waals surface area contributed by atoms with Crippen molar-refractivity contribution in [1.29, 1.82) is 0 Å². The van der Waals surface area contributed by atoms with Gasteiger partial charge in [0.1, 0.15) is 0 Å². The van der Waals surface area contributed by atoms with Crippen molar-refractivity contribution in [2.75, 3.05) is 13.1 Å². The van der Waals surface area contributed by atoms with Crippen LogP contribution in [0, 0.1) is 5.41 Å². The molecular weight excluding hydrogens is 226 g/mol. The summed E-state index contributed by atoms with van der Waals surface area (Å²) >= 11 is 0. The molecule has 2 heterocycles. The van der Waals surface area contributed by atoms with Gasteiger partial charge < -0.3 is 10.6 Å². The Balaban J connectivity index is 2.03. The highest BCUT2D eigenvalue weighted by molar-refractivity contribution is 5.83. The lowest BCUT2D eigenvalue weighted by Crippen LogP contribution is -2.43. The number of aromatic nitrogens is 1. The maximum atomic E-state index is 12.4. The van der Waals surface area contributed by atoms with E-state index in [0.29, 0.717) is 0 Å². The van der Waals surface area contributed by atoms with Gasteiger partial charge in [-0.1, -0.05) is 13.0 Å². The molecule has 1 fully saturated rings. The molecule has 2 N–H and O–H groups in total. The van der Waals surface area contributed by atoms with E-state index in [9.17, 15) is 4.79 Å². The van der Waals surface area contributed by atoms with E-state index >= 15 is 0 Å². The Bertz CT molecular complexity index is 399. The maximum Gasteiger partial charge on any atom is 0.228 e. The summed E-state index contributed by atoms with van der Waals surface area (Å²) in [4.78, 5) is 16.5. The van der Waals surface area contributed by atoms with Gasteiger partial charge in [0.2, 0.25) is 5.91 Å². The molecule has 0 aromatic carbocycles. The van der Waals surface area contributed by atoms with E-state index in [-0.39, 0.29) is 17.4 Å². The van der Waals surface area contributed by atoms with Gasteiger partial charge in [-0.2, -0.15) is 0 Å². The number of rotatable bonds is 4. The highest BCUT2D eigenvalue weighted by Gasteiger charge is 2.39. The first-order valence-electron chi connectivity index (χ1n) is 6.59. The second-order valence-corrected chi connectivity index (χ2v) is 5.04. The van der Waals surface area contributed by atoms with Crippen molar-refractivity contribution in [1.82, 2.24) is 15.6 Å². The van der Waals surface area contributed by atoms with Crippen molar-refractivity contribution < 1.29 is 4.79 Å². The van der Waals surface area contributed by atoms with E-state index in [1.807, 2.05) is 19.1 Å². The first kappa shape index (κ1) is 13.0. The first-order chi connectivity index (χ1) is 8.68. The quantitative estimate of drug-likeness (QED) is 0.850. The number of hydrogen-bond donors (Lipinski definition) is 2. The van der Waals surface area contributed by atoms with Crippen LogP contribution in [0.2, 0.25) is 0 Å². The molecule has 1 amide bonds. The summed E-state index contributed by atoms with van der Waals surface area (Å²) in [6.07, 6.45) is 5.35. The molecule has 1 unspecified atom stereocenters. The van der Waals surface area contributed by atoms with Crippen LogP contribution in [-0.2, 0) is 4.79 Å². The van der Waals surface area contributed by atoms with Crippen LogP contribution in [0.15, 0.2) is 24.5 Å². The minimum absolute atomic E-state index is 0.00947. The summed E-state index contributed by atoms with van der Waals surface area (Å²) < 4.78 is 0. The molecule has 0 saturated carbocycles. The van der Waals surface area contributed by atoms with E-state index in [1.54, 1.807) is 12.4 Å². The van der Waals surface area contributed by atoms with E-state index in [4.69, 9.17) is 0 Å². The monoisotopic (exact) mass is 247 g/mol. The summed E-state index contributed by atoms with van der Waals surface area (Å²) in [6.45, 7) is 5.81. The van der Waals surface area contributed by atoms with Gasteiger partial charge in [-0.05, 0) is 37.9 Å². The van der Waals surface area contributed by atoms with E-state index < -0.39 is 0 Å². The summed E-state index contributed by atoms with van der Waals surface area (Å²) in [6, 6.07) is 3.89. The van der Waals surface area contributed by atoms with Crippen molar-refractivity contribution in [3.63, 3.8) is 0 Å². The molecule has 0 spiro atoms. The van der Waals surface area contributed by atoms with Crippen molar-refractivity contribution in [3.05, 3.63) is 30.1 Å². The van der Waals surface area contributed by atoms with Crippen LogP contribution in [0.5, 0.6) is 0 Å². The van der Waals surface area contributed by atoms with Crippen molar-refractivity contribution in [2.45, 2.75) is 32.7 Å². The van der Waals surface area contributed by atoms with Gasteiger partial charge >= 0.3 is 0 Å². The zero-order valence-electron chi connectivity index (χ0n) is 11.1. The normalized spacial score (nSPS) is 24.8. The van der Waals surface area contributed by atoms with Crippen LogP contribution in [-0.4, -0.2) is 24.0 Å². The number of hydrogen-bond acceptors (Lipinski definition) is 3. The number of nitrogens with one attached hydrogen (secondary N) is 2. The fourth-order valence-corrected chi connectivity index (χ4v) is 2.47. The number of nitrogens with zero attached hydrogens (tertiary/aromatic N) is 1. The summed E-state index contributed by atoms with van der Waals surface area (Å²) in [5, 5.41) is 6.40. The largest absolute Gasteiger partial charge is 0.349 e. The van der Waals surface area contributed by atoms with Crippen LogP contribution in [0.3, 0.4) is 0 Å². The predicted octanol–water partition coefficient (Wildman–Crippen LogP) is 1.65. The van der Waals surface area contributed by atoms with Gasteiger partial charge in [-0.25, -0.2) is 0 Å². The van der Waals surface area contributed by atoms with Gasteiger partial charge in [0.25, 0.3) is 0 Å². The molecule has 1 aromatic heterocycles. The van der Waals surface area contributed by atoms with Crippen molar-refractivity contribution >= 4 is 5.91 Å². The third-order valence-electron chi connectivity index (χ3n) is 3.93. The van der Waals surface area contributed by atoms with Crippen LogP contribution in [0.25, 0.3) is 0 Å². The average molecular weight is 247 g/mol. The molecule has 1 aliphatic heterocycles. The molecule has 2 rings (SSSR count). The standard InChI is InChI=1S/C14H21N3O/c1-3-14(6-8-16-10-14)13(18)17-11(2)12-5-4-7-15-9-12/h4-5,7,9,11,16H,3,6,8,10H2,1-2H3,(H,17,18)/t11-,14?/m0/s1. The molecule has 98 valence electrons. The summed E-state index contributed by atoms with van der Waals surface area (Å²) in [5.74, 6) is 0.159. The van der Waals surface area contributed by atoms with Gasteiger partial charge in [0, 0.05) is 18.9 Å². The second kappa shape index (κ2) is 5.48. The second-order valence-electron chi connectivity index (χ2n) is 5.04. The summed E-state index contributed by atoms with van der Waals surface area (Å²) in [7, 11) is 0. The Hall–Kier alpha value is -1.42. The average Bonchev–Trinajstić information content (AvgIpc) is 2.89. The van der Waals surface area contributed by atoms with Crippen LogP contribution >= 0.6 is 0 Å². The molecule has 1 saturated heterocycles. The zero-order valence-corrected chi connectivity index (χ0v) is 11.1. The fourth-order valence-electron chi connectivity index (χ4n) is 2.47. The lowest BCUT2D eigenvalue weighted by Gasteiger charge is -2.27. The van der Waals surface area contributed by atoms with Gasteiger partial charge in [0.05, 0.1) is 11.5 Å². The lowest BCUT2D eigenvalue weighted by atomic mass is 9.83. The van der Waals surface area contributed by atoms with Gasteiger partial charge in [0.15, 0.2) is 0 Å². The Morgan fingerprint density at radius 1 is 1.67 bits per heavy atom. The van der Waals surface area contributed by atoms with Crippen LogP contribution < -0.4 is 10.6 Å². The molecule has 1 aliphatic rings. The Kier molecular flexibility index (Phi) is 3.97. The number of carbonyl (C=O) groups excluding carboxylic acids is 1. The van der Waals surface area contributed by atoms with Crippen LogP contribution in [0.4, 0.5) is 0 Å². The highest BCUT2D eigenvalue weighted by Crippen LogP contribution is 2.30.